The van der Waals surface area contributed by atoms with Gasteiger partial charge in [0.25, 0.3) is 0 Å². The second-order valence-electron chi connectivity index (χ2n) is 4.74. The molecular formula is C12H16Br2ClN5O. The van der Waals surface area contributed by atoms with E-state index in [9.17, 15) is 0 Å². The van der Waals surface area contributed by atoms with Gasteiger partial charge in [0.2, 0.25) is 11.9 Å². The van der Waals surface area contributed by atoms with Gasteiger partial charge < -0.3 is 11.5 Å². The lowest BCUT2D eigenvalue weighted by atomic mass is 10.2. The molecule has 1 heterocycles. The van der Waals surface area contributed by atoms with Crippen LogP contribution in [-0.4, -0.2) is 22.6 Å². The van der Waals surface area contributed by atoms with Crippen molar-refractivity contribution >= 4 is 56.4 Å². The average Bonchev–Trinajstić information content (AvgIpc) is 2.31. The van der Waals surface area contributed by atoms with Gasteiger partial charge in [-0.25, -0.2) is 4.99 Å². The molecule has 0 amide bonds. The smallest absolute Gasteiger partial charge is 0.226 e. The van der Waals surface area contributed by atoms with Gasteiger partial charge in [-0.05, 0) is 32.0 Å². The van der Waals surface area contributed by atoms with E-state index >= 15 is 0 Å². The second-order valence-corrected chi connectivity index (χ2v) is 6.06. The number of hydrogen-bond acceptors (Lipinski definition) is 6. The standard InChI is InChI=1S/C12H15BrClN5O.BrH/c1-12(2)18-10(15)17-11(16)19(12)20-6-7-5-8(13)3-4-9(7)14;/h3-5H,6H2,1-2H3,(H4,15,16,17,18);1H. The maximum Gasteiger partial charge on any atom is 0.226 e. The molecule has 0 aromatic heterocycles. The Morgan fingerprint density at radius 2 is 2.05 bits per heavy atom. The van der Waals surface area contributed by atoms with Crippen molar-refractivity contribution in [3.63, 3.8) is 0 Å². The lowest BCUT2D eigenvalue weighted by molar-refractivity contribution is -0.166. The molecule has 1 aromatic rings. The number of nitrogens with two attached hydrogens (primary N) is 2. The Labute approximate surface area is 147 Å². The molecule has 0 fully saturated rings. The first kappa shape index (κ1) is 18.2. The summed E-state index contributed by atoms with van der Waals surface area (Å²) >= 11 is 9.51. The molecule has 0 aliphatic carbocycles. The summed E-state index contributed by atoms with van der Waals surface area (Å²) in [4.78, 5) is 13.8. The van der Waals surface area contributed by atoms with Gasteiger partial charge in [0.05, 0.1) is 0 Å². The van der Waals surface area contributed by atoms with Crippen LogP contribution >= 0.6 is 44.5 Å². The number of hydroxylamine groups is 2. The van der Waals surface area contributed by atoms with E-state index in [-0.39, 0.29) is 35.5 Å². The van der Waals surface area contributed by atoms with Crippen LogP contribution < -0.4 is 11.5 Å². The van der Waals surface area contributed by atoms with Crippen molar-refractivity contribution in [1.29, 1.82) is 0 Å². The van der Waals surface area contributed by atoms with Gasteiger partial charge >= 0.3 is 0 Å². The number of guanidine groups is 2. The molecule has 0 spiro atoms. The summed E-state index contributed by atoms with van der Waals surface area (Å²) in [5.74, 6) is 0.293. The highest BCUT2D eigenvalue weighted by atomic mass is 79.9. The molecule has 0 bridgehead atoms. The zero-order valence-electron chi connectivity index (χ0n) is 11.5. The number of benzene rings is 1. The Balaban J connectivity index is 0.00000220. The van der Waals surface area contributed by atoms with Gasteiger partial charge in [0, 0.05) is 15.1 Å². The third-order valence-corrected chi connectivity index (χ3v) is 3.54. The van der Waals surface area contributed by atoms with Gasteiger partial charge in [-0.3, -0.25) is 4.84 Å². The molecular weight excluding hydrogens is 425 g/mol. The SMILES string of the molecule is Br.CC1(C)N=C(N)N=C(N)N1OCc1cc(Br)ccc1Cl. The summed E-state index contributed by atoms with van der Waals surface area (Å²) in [5.41, 5.74) is 11.5. The highest BCUT2D eigenvalue weighted by Crippen LogP contribution is 2.25. The molecule has 1 aromatic carbocycles. The van der Waals surface area contributed by atoms with E-state index in [1.54, 1.807) is 6.07 Å². The first-order valence-electron chi connectivity index (χ1n) is 5.86. The number of rotatable bonds is 3. The van der Waals surface area contributed by atoms with Crippen LogP contribution in [0.1, 0.15) is 19.4 Å². The first-order chi connectivity index (χ1) is 9.29. The molecule has 2 rings (SSSR count). The van der Waals surface area contributed by atoms with Crippen molar-refractivity contribution in [2.75, 3.05) is 0 Å². The zero-order valence-corrected chi connectivity index (χ0v) is 15.6. The van der Waals surface area contributed by atoms with Crippen molar-refractivity contribution in [2.45, 2.75) is 26.1 Å². The van der Waals surface area contributed by atoms with Crippen molar-refractivity contribution in [3.8, 4) is 0 Å². The topological polar surface area (TPSA) is 89.2 Å². The van der Waals surface area contributed by atoms with E-state index < -0.39 is 5.66 Å². The molecule has 0 radical (unpaired) electrons. The van der Waals surface area contributed by atoms with Crippen LogP contribution in [0.4, 0.5) is 0 Å². The van der Waals surface area contributed by atoms with E-state index in [1.807, 2.05) is 26.0 Å². The van der Waals surface area contributed by atoms with Gasteiger partial charge in [-0.15, -0.1) is 17.0 Å². The van der Waals surface area contributed by atoms with Crippen molar-refractivity contribution < 1.29 is 4.84 Å². The lowest BCUT2D eigenvalue weighted by Gasteiger charge is -2.36. The molecule has 0 unspecified atom stereocenters. The average molecular weight is 442 g/mol. The van der Waals surface area contributed by atoms with Crippen LogP contribution in [0, 0.1) is 0 Å². The van der Waals surface area contributed by atoms with Crippen LogP contribution in [0.5, 0.6) is 0 Å². The normalized spacial score (nSPS) is 16.9. The van der Waals surface area contributed by atoms with Gasteiger partial charge in [0.15, 0.2) is 5.66 Å². The van der Waals surface area contributed by atoms with E-state index in [2.05, 4.69) is 25.9 Å². The minimum atomic E-state index is -0.728. The Morgan fingerprint density at radius 1 is 1.38 bits per heavy atom. The van der Waals surface area contributed by atoms with Crippen LogP contribution in [0.3, 0.4) is 0 Å². The predicted molar refractivity (Wildman–Crippen MR) is 93.4 cm³/mol. The van der Waals surface area contributed by atoms with Crippen molar-refractivity contribution in [1.82, 2.24) is 5.06 Å². The molecule has 6 nitrogen and oxygen atoms in total. The molecule has 116 valence electrons. The maximum atomic E-state index is 6.12. The monoisotopic (exact) mass is 439 g/mol. The fourth-order valence-corrected chi connectivity index (χ4v) is 2.39. The highest BCUT2D eigenvalue weighted by molar-refractivity contribution is 9.10. The fraction of sp³-hybridized carbons (Fsp3) is 0.333. The largest absolute Gasteiger partial charge is 0.368 e. The highest BCUT2D eigenvalue weighted by Gasteiger charge is 2.33. The van der Waals surface area contributed by atoms with Crippen molar-refractivity contribution in [3.05, 3.63) is 33.3 Å². The minimum absolute atomic E-state index is 0. The molecule has 4 N–H and O–H groups in total. The summed E-state index contributed by atoms with van der Waals surface area (Å²) in [6, 6.07) is 5.53. The Hall–Kier alpha value is -0.830. The Morgan fingerprint density at radius 3 is 2.67 bits per heavy atom. The minimum Gasteiger partial charge on any atom is -0.368 e. The van der Waals surface area contributed by atoms with E-state index in [0.717, 1.165) is 10.0 Å². The number of aliphatic imine (C=N–C) groups is 2. The molecule has 0 saturated heterocycles. The summed E-state index contributed by atoms with van der Waals surface area (Å²) in [5, 5.41) is 2.03. The van der Waals surface area contributed by atoms with E-state index in [1.165, 1.54) is 5.06 Å². The van der Waals surface area contributed by atoms with Gasteiger partial charge in [-0.2, -0.15) is 10.1 Å². The van der Waals surface area contributed by atoms with Crippen LogP contribution in [0.15, 0.2) is 32.7 Å². The van der Waals surface area contributed by atoms with Gasteiger partial charge in [0.1, 0.15) is 6.61 Å². The lowest BCUT2D eigenvalue weighted by Crippen LogP contribution is -2.53. The molecule has 1 aliphatic rings. The van der Waals surface area contributed by atoms with Crippen LogP contribution in [0.25, 0.3) is 0 Å². The third kappa shape index (κ3) is 4.32. The Kier molecular flexibility index (Phi) is 6.03. The Bertz CT molecular complexity index is 591. The summed E-state index contributed by atoms with van der Waals surface area (Å²) in [7, 11) is 0. The molecule has 21 heavy (non-hydrogen) atoms. The maximum absolute atomic E-state index is 6.12. The molecule has 0 saturated carbocycles. The number of nitrogens with zero attached hydrogens (tertiary/aromatic N) is 3. The van der Waals surface area contributed by atoms with E-state index in [0.29, 0.717) is 5.02 Å². The van der Waals surface area contributed by atoms with Crippen LogP contribution in [0.2, 0.25) is 5.02 Å². The first-order valence-corrected chi connectivity index (χ1v) is 7.03. The molecule has 1 aliphatic heterocycles. The van der Waals surface area contributed by atoms with Crippen molar-refractivity contribution in [2.24, 2.45) is 21.5 Å². The molecule has 0 atom stereocenters. The van der Waals surface area contributed by atoms with E-state index in [4.69, 9.17) is 27.9 Å². The number of halogens is 3. The summed E-state index contributed by atoms with van der Waals surface area (Å²) in [6.45, 7) is 3.89. The third-order valence-electron chi connectivity index (χ3n) is 2.68. The second kappa shape index (κ2) is 6.95. The number of hydrogen-bond donors (Lipinski definition) is 2. The van der Waals surface area contributed by atoms with Crippen LogP contribution in [-0.2, 0) is 11.4 Å². The zero-order chi connectivity index (χ0) is 14.9. The quantitative estimate of drug-likeness (QED) is 0.755. The predicted octanol–water partition coefficient (Wildman–Crippen LogP) is 2.79. The summed E-state index contributed by atoms with van der Waals surface area (Å²) in [6.07, 6.45) is 0. The molecule has 9 heteroatoms. The van der Waals surface area contributed by atoms with Gasteiger partial charge in [-0.1, -0.05) is 27.5 Å². The fourth-order valence-electron chi connectivity index (χ4n) is 1.81. The summed E-state index contributed by atoms with van der Waals surface area (Å²) < 4.78 is 0.919.